The highest BCUT2D eigenvalue weighted by atomic mass is 16.5. The van der Waals surface area contributed by atoms with Gasteiger partial charge in [-0.3, -0.25) is 9.69 Å². The van der Waals surface area contributed by atoms with Crippen LogP contribution in [0.2, 0.25) is 0 Å². The van der Waals surface area contributed by atoms with Gasteiger partial charge in [0.1, 0.15) is 18.3 Å². The van der Waals surface area contributed by atoms with Gasteiger partial charge in [0.05, 0.1) is 7.11 Å². The summed E-state index contributed by atoms with van der Waals surface area (Å²) in [6, 6.07) is 15.7. The van der Waals surface area contributed by atoms with E-state index in [9.17, 15) is 9.59 Å². The number of carbonyl (C=O) groups excluding carboxylic acids is 2. The Bertz CT molecular complexity index is 1000. The Balaban J connectivity index is 1.46. The molecule has 28 heavy (non-hydrogen) atoms. The second-order valence-corrected chi connectivity index (χ2v) is 6.36. The van der Waals surface area contributed by atoms with E-state index >= 15 is 0 Å². The topological polar surface area (TPSA) is 97.6 Å². The first-order valence-electron chi connectivity index (χ1n) is 8.77. The number of aromatic nitrogens is 2. The lowest BCUT2D eigenvalue weighted by Crippen LogP contribution is -2.32. The summed E-state index contributed by atoms with van der Waals surface area (Å²) in [4.78, 5) is 30.2. The van der Waals surface area contributed by atoms with Gasteiger partial charge in [0.25, 0.3) is 5.91 Å². The molecule has 1 aliphatic heterocycles. The first-order valence-corrected chi connectivity index (χ1v) is 8.77. The molecule has 1 aromatic heterocycles. The third-order valence-electron chi connectivity index (χ3n) is 4.48. The van der Waals surface area contributed by atoms with Gasteiger partial charge in [0, 0.05) is 12.0 Å². The van der Waals surface area contributed by atoms with E-state index < -0.39 is 12.1 Å². The van der Waals surface area contributed by atoms with Gasteiger partial charge in [0.15, 0.2) is 0 Å². The SMILES string of the molecule is COc1cccc(-c2noc(CN3C(=O)NC(Cc4ccccc4)C3=O)n2)c1. The molecular formula is C20H18N4O4. The third-order valence-corrected chi connectivity index (χ3v) is 4.48. The van der Waals surface area contributed by atoms with Crippen LogP contribution in [0.25, 0.3) is 11.4 Å². The predicted octanol–water partition coefficient (Wildman–Crippen LogP) is 2.41. The maximum Gasteiger partial charge on any atom is 0.325 e. The van der Waals surface area contributed by atoms with Crippen LogP contribution >= 0.6 is 0 Å². The number of carbonyl (C=O) groups is 2. The van der Waals surface area contributed by atoms with Gasteiger partial charge in [0.2, 0.25) is 11.7 Å². The van der Waals surface area contributed by atoms with Crippen LogP contribution in [-0.2, 0) is 17.8 Å². The van der Waals surface area contributed by atoms with Crippen molar-refractivity contribution in [2.24, 2.45) is 0 Å². The predicted molar refractivity (Wildman–Crippen MR) is 99.3 cm³/mol. The van der Waals surface area contributed by atoms with Gasteiger partial charge in [-0.25, -0.2) is 4.79 Å². The van der Waals surface area contributed by atoms with Crippen molar-refractivity contribution in [2.75, 3.05) is 7.11 Å². The molecule has 2 heterocycles. The molecule has 1 unspecified atom stereocenters. The lowest BCUT2D eigenvalue weighted by Gasteiger charge is -2.10. The van der Waals surface area contributed by atoms with Crippen LogP contribution in [0.4, 0.5) is 4.79 Å². The van der Waals surface area contributed by atoms with Gasteiger partial charge in [-0.2, -0.15) is 4.98 Å². The van der Waals surface area contributed by atoms with Crippen LogP contribution < -0.4 is 10.1 Å². The lowest BCUT2D eigenvalue weighted by molar-refractivity contribution is -0.128. The quantitative estimate of drug-likeness (QED) is 0.662. The van der Waals surface area contributed by atoms with E-state index in [-0.39, 0.29) is 18.3 Å². The summed E-state index contributed by atoms with van der Waals surface area (Å²) in [5, 5.41) is 6.64. The molecule has 1 N–H and O–H groups in total. The van der Waals surface area contributed by atoms with Crippen molar-refractivity contribution < 1.29 is 18.8 Å². The number of rotatable bonds is 6. The molecule has 1 atom stereocenters. The molecule has 1 fully saturated rings. The number of urea groups is 1. The van der Waals surface area contributed by atoms with E-state index in [1.165, 1.54) is 0 Å². The summed E-state index contributed by atoms with van der Waals surface area (Å²) in [5.41, 5.74) is 1.69. The number of nitrogens with one attached hydrogen (secondary N) is 1. The van der Waals surface area contributed by atoms with Gasteiger partial charge < -0.3 is 14.6 Å². The first kappa shape index (κ1) is 17.7. The van der Waals surface area contributed by atoms with E-state index in [0.29, 0.717) is 23.6 Å². The van der Waals surface area contributed by atoms with Crippen LogP contribution in [0.3, 0.4) is 0 Å². The molecule has 3 amide bonds. The molecule has 0 spiro atoms. The first-order chi connectivity index (χ1) is 13.6. The fourth-order valence-corrected chi connectivity index (χ4v) is 3.05. The maximum absolute atomic E-state index is 12.6. The number of hydrogen-bond donors (Lipinski definition) is 1. The summed E-state index contributed by atoms with van der Waals surface area (Å²) in [7, 11) is 1.57. The number of imide groups is 1. The number of amides is 3. The van der Waals surface area contributed by atoms with Crippen molar-refractivity contribution in [1.82, 2.24) is 20.4 Å². The van der Waals surface area contributed by atoms with Crippen LogP contribution in [-0.4, -0.2) is 40.1 Å². The van der Waals surface area contributed by atoms with Gasteiger partial charge in [-0.05, 0) is 17.7 Å². The fraction of sp³-hybridized carbons (Fsp3) is 0.200. The average molecular weight is 378 g/mol. The monoisotopic (exact) mass is 378 g/mol. The highest BCUT2D eigenvalue weighted by Gasteiger charge is 2.38. The minimum Gasteiger partial charge on any atom is -0.497 e. The Labute approximate surface area is 161 Å². The zero-order chi connectivity index (χ0) is 19.5. The van der Waals surface area contributed by atoms with Crippen LogP contribution in [0.15, 0.2) is 59.1 Å². The zero-order valence-corrected chi connectivity index (χ0v) is 15.2. The Morgan fingerprint density at radius 1 is 1.14 bits per heavy atom. The fourth-order valence-electron chi connectivity index (χ4n) is 3.05. The highest BCUT2D eigenvalue weighted by Crippen LogP contribution is 2.22. The summed E-state index contributed by atoms with van der Waals surface area (Å²) in [5.74, 6) is 0.903. The second kappa shape index (κ2) is 7.51. The number of nitrogens with zero attached hydrogens (tertiary/aromatic N) is 3. The lowest BCUT2D eigenvalue weighted by atomic mass is 10.1. The Kier molecular flexibility index (Phi) is 4.76. The maximum atomic E-state index is 12.6. The average Bonchev–Trinajstić information content (AvgIpc) is 3.29. The minimum atomic E-state index is -0.601. The van der Waals surface area contributed by atoms with E-state index in [0.717, 1.165) is 10.5 Å². The Hall–Kier alpha value is -3.68. The van der Waals surface area contributed by atoms with Crippen molar-refractivity contribution in [3.63, 3.8) is 0 Å². The molecule has 4 rings (SSSR count). The van der Waals surface area contributed by atoms with Crippen LogP contribution in [0, 0.1) is 0 Å². The second-order valence-electron chi connectivity index (χ2n) is 6.36. The van der Waals surface area contributed by atoms with E-state index in [2.05, 4.69) is 15.5 Å². The largest absolute Gasteiger partial charge is 0.497 e. The molecule has 1 saturated heterocycles. The summed E-state index contributed by atoms with van der Waals surface area (Å²) in [6.07, 6.45) is 0.431. The highest BCUT2D eigenvalue weighted by molar-refractivity contribution is 6.04. The Morgan fingerprint density at radius 2 is 1.96 bits per heavy atom. The van der Waals surface area contributed by atoms with Gasteiger partial charge >= 0.3 is 6.03 Å². The smallest absolute Gasteiger partial charge is 0.325 e. The summed E-state index contributed by atoms with van der Waals surface area (Å²) < 4.78 is 10.4. The van der Waals surface area contributed by atoms with Crippen molar-refractivity contribution in [3.8, 4) is 17.1 Å². The number of methoxy groups -OCH3 is 1. The standard InChI is InChI=1S/C20H18N4O4/c1-27-15-9-5-8-14(11-15)18-22-17(28-23-18)12-24-19(25)16(21-20(24)26)10-13-6-3-2-4-7-13/h2-9,11,16H,10,12H2,1H3,(H,21,26). The molecule has 1 aliphatic rings. The summed E-state index contributed by atoms with van der Waals surface area (Å²) >= 11 is 0. The zero-order valence-electron chi connectivity index (χ0n) is 15.2. The molecule has 3 aromatic rings. The normalized spacial score (nSPS) is 16.3. The van der Waals surface area contributed by atoms with Crippen LogP contribution in [0.1, 0.15) is 11.5 Å². The number of hydrogen-bond acceptors (Lipinski definition) is 6. The minimum absolute atomic E-state index is 0.0765. The van der Waals surface area contributed by atoms with Crippen molar-refractivity contribution in [1.29, 1.82) is 0 Å². The van der Waals surface area contributed by atoms with E-state index in [4.69, 9.17) is 9.26 Å². The molecule has 0 radical (unpaired) electrons. The third kappa shape index (κ3) is 3.57. The van der Waals surface area contributed by atoms with Gasteiger partial charge in [-0.15, -0.1) is 0 Å². The molecule has 0 bridgehead atoms. The number of benzene rings is 2. The molecule has 0 aliphatic carbocycles. The van der Waals surface area contributed by atoms with Crippen molar-refractivity contribution in [2.45, 2.75) is 19.0 Å². The molecule has 8 nitrogen and oxygen atoms in total. The van der Waals surface area contributed by atoms with Crippen molar-refractivity contribution >= 4 is 11.9 Å². The molecule has 2 aromatic carbocycles. The van der Waals surface area contributed by atoms with E-state index in [1.54, 1.807) is 13.2 Å². The summed E-state index contributed by atoms with van der Waals surface area (Å²) in [6.45, 7) is -0.0765. The molecular weight excluding hydrogens is 360 g/mol. The van der Waals surface area contributed by atoms with Crippen LogP contribution in [0.5, 0.6) is 5.75 Å². The Morgan fingerprint density at radius 3 is 2.75 bits per heavy atom. The van der Waals surface area contributed by atoms with Gasteiger partial charge in [-0.1, -0.05) is 47.6 Å². The van der Waals surface area contributed by atoms with E-state index in [1.807, 2.05) is 48.5 Å². The van der Waals surface area contributed by atoms with Crippen molar-refractivity contribution in [3.05, 3.63) is 66.1 Å². The molecule has 142 valence electrons. The molecule has 8 heteroatoms. The number of ether oxygens (including phenoxy) is 1. The molecule has 0 saturated carbocycles.